The summed E-state index contributed by atoms with van der Waals surface area (Å²) in [6.07, 6.45) is 2.59. The van der Waals surface area contributed by atoms with Gasteiger partial charge in [-0.25, -0.2) is 8.78 Å². The number of nitrogens with zero attached hydrogens (tertiary/aromatic N) is 1. The first-order chi connectivity index (χ1) is 8.08. The maximum atomic E-state index is 13.2. The monoisotopic (exact) mass is 234 g/mol. The average Bonchev–Trinajstić information content (AvgIpc) is 2.31. The fourth-order valence-corrected chi connectivity index (χ4v) is 1.72. The molecule has 1 aromatic heterocycles. The molecular formula is C13H12F2N2. The van der Waals surface area contributed by atoms with E-state index in [4.69, 9.17) is 5.73 Å². The van der Waals surface area contributed by atoms with Gasteiger partial charge in [-0.3, -0.25) is 4.98 Å². The van der Waals surface area contributed by atoms with Crippen LogP contribution in [0.5, 0.6) is 0 Å². The van der Waals surface area contributed by atoms with Crippen molar-refractivity contribution in [2.24, 2.45) is 5.73 Å². The van der Waals surface area contributed by atoms with E-state index in [0.717, 1.165) is 11.8 Å². The van der Waals surface area contributed by atoms with Crippen LogP contribution < -0.4 is 5.73 Å². The van der Waals surface area contributed by atoms with Crippen molar-refractivity contribution in [1.29, 1.82) is 0 Å². The molecule has 4 heteroatoms. The van der Waals surface area contributed by atoms with Crippen LogP contribution in [-0.4, -0.2) is 4.98 Å². The Labute approximate surface area is 98.1 Å². The second kappa shape index (κ2) is 4.59. The van der Waals surface area contributed by atoms with E-state index in [2.05, 4.69) is 4.98 Å². The molecule has 0 aliphatic heterocycles. The number of hydrogen-bond acceptors (Lipinski definition) is 2. The molecule has 0 saturated carbocycles. The Morgan fingerprint density at radius 2 is 1.88 bits per heavy atom. The smallest absolute Gasteiger partial charge is 0.141 e. The summed E-state index contributed by atoms with van der Waals surface area (Å²) in [6.45, 7) is 1.83. The highest BCUT2D eigenvalue weighted by molar-refractivity contribution is 5.35. The van der Waals surface area contributed by atoms with Crippen molar-refractivity contribution in [3.8, 4) is 0 Å². The number of rotatable bonds is 2. The van der Waals surface area contributed by atoms with Gasteiger partial charge < -0.3 is 5.73 Å². The summed E-state index contributed by atoms with van der Waals surface area (Å²) in [5.41, 5.74) is 8.01. The van der Waals surface area contributed by atoms with Gasteiger partial charge in [-0.15, -0.1) is 0 Å². The summed E-state index contributed by atoms with van der Waals surface area (Å²) in [5.74, 6) is -0.808. The van der Waals surface area contributed by atoms with Crippen LogP contribution in [0, 0.1) is 18.6 Å². The van der Waals surface area contributed by atoms with Crippen LogP contribution >= 0.6 is 0 Å². The Balaban J connectivity index is 2.43. The van der Waals surface area contributed by atoms with E-state index >= 15 is 0 Å². The number of nitrogens with two attached hydrogens (primary N) is 1. The number of aromatic nitrogens is 1. The molecule has 88 valence electrons. The minimum Gasteiger partial charge on any atom is -0.320 e. The lowest BCUT2D eigenvalue weighted by atomic mass is 9.97. The van der Waals surface area contributed by atoms with Gasteiger partial charge in [0, 0.05) is 6.20 Å². The van der Waals surface area contributed by atoms with E-state index in [1.54, 1.807) is 6.07 Å². The molecule has 0 fully saturated rings. The van der Waals surface area contributed by atoms with Crippen molar-refractivity contribution in [2.75, 3.05) is 0 Å². The van der Waals surface area contributed by atoms with Crippen LogP contribution in [0.4, 0.5) is 8.78 Å². The fraction of sp³-hybridized carbons (Fsp3) is 0.154. The zero-order valence-corrected chi connectivity index (χ0v) is 9.32. The van der Waals surface area contributed by atoms with Gasteiger partial charge in [0.1, 0.15) is 11.6 Å². The quantitative estimate of drug-likeness (QED) is 0.867. The summed E-state index contributed by atoms with van der Waals surface area (Å²) in [5, 5.41) is 0. The molecule has 2 aromatic rings. The second-order valence-corrected chi connectivity index (χ2v) is 3.92. The van der Waals surface area contributed by atoms with Crippen LogP contribution in [0.25, 0.3) is 0 Å². The minimum atomic E-state index is -0.575. The molecule has 0 radical (unpaired) electrons. The molecule has 0 aliphatic rings. The highest BCUT2D eigenvalue weighted by Gasteiger charge is 2.13. The topological polar surface area (TPSA) is 38.9 Å². The predicted octanol–water partition coefficient (Wildman–Crippen LogP) is 2.72. The SMILES string of the molecule is Cc1ccc(F)cc1C(N)c1cncc(F)c1. The second-order valence-electron chi connectivity index (χ2n) is 3.92. The first-order valence-electron chi connectivity index (χ1n) is 5.20. The molecule has 2 N–H and O–H groups in total. The van der Waals surface area contributed by atoms with Crippen LogP contribution in [0.15, 0.2) is 36.7 Å². The zero-order chi connectivity index (χ0) is 12.4. The molecule has 17 heavy (non-hydrogen) atoms. The summed E-state index contributed by atoms with van der Waals surface area (Å²) in [7, 11) is 0. The number of hydrogen-bond donors (Lipinski definition) is 1. The molecule has 0 saturated heterocycles. The fourth-order valence-electron chi connectivity index (χ4n) is 1.72. The summed E-state index contributed by atoms with van der Waals surface area (Å²) < 4.78 is 26.2. The van der Waals surface area contributed by atoms with E-state index in [9.17, 15) is 8.78 Å². The molecule has 1 unspecified atom stereocenters. The van der Waals surface area contributed by atoms with E-state index in [-0.39, 0.29) is 5.82 Å². The Morgan fingerprint density at radius 1 is 1.12 bits per heavy atom. The first-order valence-corrected chi connectivity index (χ1v) is 5.20. The van der Waals surface area contributed by atoms with Crippen molar-refractivity contribution >= 4 is 0 Å². The van der Waals surface area contributed by atoms with Crippen molar-refractivity contribution in [2.45, 2.75) is 13.0 Å². The summed E-state index contributed by atoms with van der Waals surface area (Å²) in [4.78, 5) is 3.73. The molecule has 1 aromatic carbocycles. The largest absolute Gasteiger partial charge is 0.320 e. The van der Waals surface area contributed by atoms with Gasteiger partial charge in [-0.05, 0) is 41.8 Å². The van der Waals surface area contributed by atoms with Crippen molar-refractivity contribution < 1.29 is 8.78 Å². The number of pyridine rings is 1. The van der Waals surface area contributed by atoms with Crippen LogP contribution in [0.1, 0.15) is 22.7 Å². The van der Waals surface area contributed by atoms with Gasteiger partial charge in [0.05, 0.1) is 12.2 Å². The first kappa shape index (κ1) is 11.7. The number of benzene rings is 1. The Hall–Kier alpha value is -1.81. The third-order valence-electron chi connectivity index (χ3n) is 2.66. The van der Waals surface area contributed by atoms with E-state index in [1.165, 1.54) is 24.4 Å². The third-order valence-corrected chi connectivity index (χ3v) is 2.66. The van der Waals surface area contributed by atoms with Crippen LogP contribution in [0.2, 0.25) is 0 Å². The predicted molar refractivity (Wildman–Crippen MR) is 61.4 cm³/mol. The maximum Gasteiger partial charge on any atom is 0.141 e. The summed E-state index contributed by atoms with van der Waals surface area (Å²) >= 11 is 0. The lowest BCUT2D eigenvalue weighted by Crippen LogP contribution is -2.14. The van der Waals surface area contributed by atoms with Crippen LogP contribution in [0.3, 0.4) is 0 Å². The van der Waals surface area contributed by atoms with E-state index in [0.29, 0.717) is 11.1 Å². The molecule has 0 bridgehead atoms. The lowest BCUT2D eigenvalue weighted by Gasteiger charge is -2.14. The van der Waals surface area contributed by atoms with Crippen molar-refractivity contribution in [3.05, 3.63) is 65.0 Å². The zero-order valence-electron chi connectivity index (χ0n) is 9.32. The average molecular weight is 234 g/mol. The van der Waals surface area contributed by atoms with Crippen LogP contribution in [-0.2, 0) is 0 Å². The van der Waals surface area contributed by atoms with Crippen molar-refractivity contribution in [3.63, 3.8) is 0 Å². The molecule has 0 amide bonds. The molecular weight excluding hydrogens is 222 g/mol. The van der Waals surface area contributed by atoms with Gasteiger partial charge >= 0.3 is 0 Å². The summed E-state index contributed by atoms with van der Waals surface area (Å²) in [6, 6.07) is 5.12. The Kier molecular flexibility index (Phi) is 3.15. The third kappa shape index (κ3) is 2.47. The van der Waals surface area contributed by atoms with Gasteiger partial charge in [0.15, 0.2) is 0 Å². The lowest BCUT2D eigenvalue weighted by molar-refractivity contribution is 0.613. The molecule has 1 atom stereocenters. The van der Waals surface area contributed by atoms with Gasteiger partial charge in [0.25, 0.3) is 0 Å². The standard InChI is InChI=1S/C13H12F2N2/c1-8-2-3-10(14)5-12(8)13(16)9-4-11(15)7-17-6-9/h2-7,13H,16H2,1H3. The van der Waals surface area contributed by atoms with E-state index < -0.39 is 11.9 Å². The normalized spacial score (nSPS) is 12.5. The maximum absolute atomic E-state index is 13.2. The highest BCUT2D eigenvalue weighted by atomic mass is 19.1. The van der Waals surface area contributed by atoms with Gasteiger partial charge in [0.2, 0.25) is 0 Å². The minimum absolute atomic E-state index is 0.356. The molecule has 2 nitrogen and oxygen atoms in total. The molecule has 0 spiro atoms. The Bertz CT molecular complexity index is 541. The van der Waals surface area contributed by atoms with E-state index in [1.807, 2.05) is 6.92 Å². The number of halogens is 2. The van der Waals surface area contributed by atoms with Gasteiger partial charge in [-0.2, -0.15) is 0 Å². The molecule has 2 rings (SSSR count). The van der Waals surface area contributed by atoms with Crippen molar-refractivity contribution in [1.82, 2.24) is 4.98 Å². The van der Waals surface area contributed by atoms with Gasteiger partial charge in [-0.1, -0.05) is 6.07 Å². The molecule has 1 heterocycles. The Morgan fingerprint density at radius 3 is 2.59 bits per heavy atom. The molecule has 0 aliphatic carbocycles. The highest BCUT2D eigenvalue weighted by Crippen LogP contribution is 2.23. The number of aryl methyl sites for hydroxylation is 1.